The van der Waals surface area contributed by atoms with E-state index in [1.165, 1.54) is 0 Å². The molecule has 14 heavy (non-hydrogen) atoms. The number of hydrogen-bond donors (Lipinski definition) is 0. The van der Waals surface area contributed by atoms with Gasteiger partial charge < -0.3 is 4.65 Å². The van der Waals surface area contributed by atoms with Gasteiger partial charge in [-0.25, -0.2) is 0 Å². The Morgan fingerprint density at radius 1 is 1.43 bits per heavy atom. The molecule has 1 heterocycles. The monoisotopic (exact) mass is 191 g/mol. The highest BCUT2D eigenvalue weighted by atomic mass is 16.5. The first-order valence-corrected chi connectivity index (χ1v) is 4.93. The zero-order chi connectivity index (χ0) is 11.2. The molecule has 0 aromatic rings. The molecule has 1 fully saturated rings. The zero-order valence-corrected chi connectivity index (χ0v) is 9.68. The second-order valence-electron chi connectivity index (χ2n) is 5.98. The summed E-state index contributed by atoms with van der Waals surface area (Å²) in [5.41, 5.74) is 0.0957. The Hall–Kier alpha value is -0.400. The highest BCUT2D eigenvalue weighted by Gasteiger charge is 2.67. The van der Waals surface area contributed by atoms with E-state index in [9.17, 15) is 4.79 Å². The van der Waals surface area contributed by atoms with Gasteiger partial charge in [0.15, 0.2) is 0 Å². The highest BCUT2D eigenvalue weighted by Crippen LogP contribution is 2.72. The van der Waals surface area contributed by atoms with Gasteiger partial charge in [0.05, 0.1) is 0 Å². The summed E-state index contributed by atoms with van der Waals surface area (Å²) in [6.07, 6.45) is 0.781. The summed E-state index contributed by atoms with van der Waals surface area (Å²) in [6, 6.07) is 0. The van der Waals surface area contributed by atoms with Gasteiger partial charge in [-0.15, -0.1) is 0 Å². The van der Waals surface area contributed by atoms with Crippen LogP contribution in [0.1, 0.15) is 41.0 Å². The molecule has 1 rings (SSSR count). The molecule has 1 saturated heterocycles. The summed E-state index contributed by atoms with van der Waals surface area (Å²) < 4.78 is 4.39. The minimum atomic E-state index is -0.472. The Morgan fingerprint density at radius 2 is 1.86 bits per heavy atom. The van der Waals surface area contributed by atoms with E-state index >= 15 is 0 Å². The minimum absolute atomic E-state index is 0.0866. The van der Waals surface area contributed by atoms with Crippen LogP contribution >= 0.6 is 0 Å². The number of carbonyl (C=O) groups excluding carboxylic acids is 1. The molecule has 2 nitrogen and oxygen atoms in total. The Labute approximate surface area is 88.5 Å². The van der Waals surface area contributed by atoms with Crippen molar-refractivity contribution in [2.45, 2.75) is 51.7 Å². The largest absolute Gasteiger partial charge is 0.543 e. The fourth-order valence-corrected chi connectivity index (χ4v) is 2.19. The number of carbonyl (C=O) groups is 1. The van der Waals surface area contributed by atoms with Crippen LogP contribution in [0.5, 0.6) is 0 Å². The van der Waals surface area contributed by atoms with E-state index in [0.717, 1.165) is 6.42 Å². The fraction of sp³-hybridized carbons (Fsp3) is 0.900. The van der Waals surface area contributed by atoms with Gasteiger partial charge in [0.1, 0.15) is 7.28 Å². The topological polar surface area (TPSA) is 26.3 Å². The lowest BCUT2D eigenvalue weighted by Crippen LogP contribution is -2.22. The van der Waals surface area contributed by atoms with E-state index in [2.05, 4.69) is 25.4 Å². The molecule has 1 aliphatic rings. The Morgan fingerprint density at radius 3 is 2.07 bits per heavy atom. The van der Waals surface area contributed by atoms with Gasteiger partial charge in [-0.3, -0.25) is 4.79 Å². The van der Waals surface area contributed by atoms with Crippen molar-refractivity contribution in [3.8, 4) is 0 Å². The van der Waals surface area contributed by atoms with Crippen molar-refractivity contribution < 1.29 is 9.45 Å². The van der Waals surface area contributed by atoms with Gasteiger partial charge >= 0.3 is 8.05 Å². The molecule has 3 radical (unpaired) electrons. The third kappa shape index (κ3) is 1.84. The van der Waals surface area contributed by atoms with E-state index in [0.29, 0.717) is 0 Å². The first-order valence-electron chi connectivity index (χ1n) is 4.93. The molecule has 0 bridgehead atoms. The van der Waals surface area contributed by atoms with E-state index in [4.69, 9.17) is 8.05 Å². The van der Waals surface area contributed by atoms with Gasteiger partial charge in [0.25, 0.3) is 5.97 Å². The van der Waals surface area contributed by atoms with Crippen LogP contribution in [0, 0.1) is 5.41 Å². The van der Waals surface area contributed by atoms with Gasteiger partial charge in [-0.1, -0.05) is 39.9 Å². The van der Waals surface area contributed by atoms with Crippen molar-refractivity contribution in [3.63, 3.8) is 0 Å². The van der Waals surface area contributed by atoms with Gasteiger partial charge in [0.2, 0.25) is 0 Å². The Balaban J connectivity index is 2.83. The Bertz CT molecular complexity index is 255. The molecule has 1 atom stereocenters. The third-order valence-corrected chi connectivity index (χ3v) is 2.95. The second kappa shape index (κ2) is 3.04. The molecule has 4 heteroatoms. The smallest absolute Gasteiger partial charge is 0.378 e. The van der Waals surface area contributed by atoms with E-state index in [1.54, 1.807) is 0 Å². The molecule has 1 aliphatic heterocycles. The maximum Gasteiger partial charge on any atom is 0.378 e. The third-order valence-electron chi connectivity index (χ3n) is 2.95. The fourth-order valence-electron chi connectivity index (χ4n) is 2.19. The highest BCUT2D eigenvalue weighted by molar-refractivity contribution is 6.66. The van der Waals surface area contributed by atoms with Crippen LogP contribution in [0.4, 0.5) is 0 Å². The quantitative estimate of drug-likeness (QED) is 0.624. The van der Waals surface area contributed by atoms with E-state index in [1.807, 2.05) is 21.1 Å². The maximum absolute atomic E-state index is 11.6. The van der Waals surface area contributed by atoms with Gasteiger partial charge in [0, 0.05) is 5.31 Å². The lowest BCUT2D eigenvalue weighted by atomic mass is 9.74. The molecule has 0 saturated carbocycles. The molecule has 0 amide bonds. The predicted molar refractivity (Wildman–Crippen MR) is 58.4 cm³/mol. The van der Waals surface area contributed by atoms with Crippen molar-refractivity contribution in [1.82, 2.24) is 0 Å². The average molecular weight is 191 g/mol. The van der Waals surface area contributed by atoms with Gasteiger partial charge in [-0.05, 0) is 11.8 Å². The van der Waals surface area contributed by atoms with Crippen LogP contribution in [-0.4, -0.2) is 21.3 Å². The van der Waals surface area contributed by atoms with Gasteiger partial charge in [-0.2, -0.15) is 0 Å². The predicted octanol–water partition coefficient (Wildman–Crippen LogP) is 2.12. The van der Waals surface area contributed by atoms with Crippen LogP contribution in [0.2, 0.25) is 10.6 Å². The molecule has 1 unspecified atom stereocenters. The van der Waals surface area contributed by atoms with E-state index < -0.39 is 5.31 Å². The number of rotatable bonds is 2. The average Bonchev–Trinajstić information content (AvgIpc) is 2.49. The summed E-state index contributed by atoms with van der Waals surface area (Å²) in [7, 11) is 7.00. The first-order chi connectivity index (χ1) is 6.15. The Kier molecular flexibility index (Phi) is 2.54. The molecule has 0 N–H and O–H groups in total. The van der Waals surface area contributed by atoms with Crippen LogP contribution in [0.15, 0.2) is 0 Å². The van der Waals surface area contributed by atoms with Crippen molar-refractivity contribution in [3.05, 3.63) is 0 Å². The zero-order valence-electron chi connectivity index (χ0n) is 9.68. The lowest BCUT2D eigenvalue weighted by Gasteiger charge is -2.28. The van der Waals surface area contributed by atoms with E-state index in [-0.39, 0.29) is 16.7 Å². The number of hydrogen-bond acceptors (Lipinski definition) is 2. The summed E-state index contributed by atoms with van der Waals surface area (Å²) in [5, 5.41) is -0.559. The molecule has 0 aromatic heterocycles. The van der Waals surface area contributed by atoms with Crippen molar-refractivity contribution in [2.75, 3.05) is 0 Å². The van der Waals surface area contributed by atoms with Crippen molar-refractivity contribution in [2.24, 2.45) is 5.41 Å². The minimum Gasteiger partial charge on any atom is -0.543 e. The first kappa shape index (κ1) is 11.7. The summed E-state index contributed by atoms with van der Waals surface area (Å²) in [5.74, 6) is -0.308. The second-order valence-corrected chi connectivity index (χ2v) is 5.98. The SMILES string of the molecule is [B]OC(=O)C1(CC(C)(C)C)[B]C1(C)C. The lowest BCUT2D eigenvalue weighted by molar-refractivity contribution is -0.137. The molecule has 0 spiro atoms. The molecule has 0 aliphatic carbocycles. The summed E-state index contributed by atoms with van der Waals surface area (Å²) in [6.45, 7) is 10.4. The van der Waals surface area contributed by atoms with Crippen LogP contribution in [-0.2, 0) is 9.45 Å². The van der Waals surface area contributed by atoms with Crippen LogP contribution in [0.3, 0.4) is 0 Å². The molecular weight excluding hydrogens is 174 g/mol. The maximum atomic E-state index is 11.6. The summed E-state index contributed by atoms with van der Waals surface area (Å²) >= 11 is 0. The normalized spacial score (nSPS) is 29.2. The van der Waals surface area contributed by atoms with Crippen molar-refractivity contribution in [1.29, 1.82) is 0 Å². The molecular formula is C10H17B2O2. The standard InChI is InChI=1S/C10H17B2O2/c1-8(2,3)6-10(7(13)14-11)9(4,5)12-10/h6H2,1-5H3. The molecule has 0 aromatic carbocycles. The van der Waals surface area contributed by atoms with Crippen molar-refractivity contribution >= 4 is 21.3 Å². The van der Waals surface area contributed by atoms with Crippen LogP contribution < -0.4 is 0 Å². The van der Waals surface area contributed by atoms with Crippen LogP contribution in [0.25, 0.3) is 0 Å². The summed E-state index contributed by atoms with van der Waals surface area (Å²) in [4.78, 5) is 11.6. The molecule has 75 valence electrons.